The molecule has 0 spiro atoms. The number of hydrogen-bond donors (Lipinski definition) is 0. The van der Waals surface area contributed by atoms with Crippen LogP contribution in [0, 0.1) is 5.82 Å². The molecular formula is C20H15ClFNO3S. The van der Waals surface area contributed by atoms with Crippen LogP contribution in [0.25, 0.3) is 11.3 Å². The first kappa shape index (κ1) is 17.9. The lowest BCUT2D eigenvalue weighted by atomic mass is 10.0. The minimum absolute atomic E-state index is 0.170. The zero-order chi connectivity index (χ0) is 19.2. The van der Waals surface area contributed by atoms with Crippen molar-refractivity contribution in [2.75, 3.05) is 0 Å². The lowest BCUT2D eigenvalue weighted by Crippen LogP contribution is -2.15. The smallest absolute Gasteiger partial charge is 0.269 e. The first-order chi connectivity index (χ1) is 12.9. The monoisotopic (exact) mass is 403 g/mol. The van der Waals surface area contributed by atoms with E-state index >= 15 is 0 Å². The molecule has 1 aliphatic rings. The molecule has 138 valence electrons. The lowest BCUT2D eigenvalue weighted by molar-refractivity contribution is 0.112. The zero-order valence-electron chi connectivity index (χ0n) is 14.2. The van der Waals surface area contributed by atoms with Gasteiger partial charge in [0.2, 0.25) is 0 Å². The maximum atomic E-state index is 13.7. The molecule has 0 amide bonds. The Kier molecular flexibility index (Phi) is 4.40. The summed E-state index contributed by atoms with van der Waals surface area (Å²) >= 11 is 6.37. The fourth-order valence-electron chi connectivity index (χ4n) is 3.61. The molecule has 2 aromatic carbocycles. The summed E-state index contributed by atoms with van der Waals surface area (Å²) in [5, 5.41) is -0.170. The Bertz CT molecular complexity index is 1170. The van der Waals surface area contributed by atoms with Crippen molar-refractivity contribution in [3.63, 3.8) is 0 Å². The van der Waals surface area contributed by atoms with E-state index in [1.54, 1.807) is 0 Å². The van der Waals surface area contributed by atoms with Gasteiger partial charge in [0.05, 0.1) is 16.2 Å². The quantitative estimate of drug-likeness (QED) is 0.605. The normalized spacial score (nSPS) is 13.6. The second kappa shape index (κ2) is 6.62. The standard InChI is InChI=1S/C20H15ClFNO3S/c21-20-18(12-24)17-10-3-6-13-5-1-2-9-16(13)19(17)23(20)27(25,26)15-8-4-7-14(22)11-15/h1-2,4-5,7-9,11-12H,3,6,10H2. The van der Waals surface area contributed by atoms with Crippen LogP contribution in [0.1, 0.15) is 27.9 Å². The average molecular weight is 404 g/mol. The summed E-state index contributed by atoms with van der Waals surface area (Å²) in [5.41, 5.74) is 2.88. The van der Waals surface area contributed by atoms with Crippen molar-refractivity contribution in [2.24, 2.45) is 0 Å². The highest BCUT2D eigenvalue weighted by Gasteiger charge is 2.32. The highest BCUT2D eigenvalue weighted by atomic mass is 35.5. The number of halogens is 2. The Balaban J connectivity index is 2.10. The molecule has 3 aromatic rings. The van der Waals surface area contributed by atoms with Crippen molar-refractivity contribution < 1.29 is 17.6 Å². The molecule has 1 aromatic heterocycles. The van der Waals surface area contributed by atoms with E-state index in [4.69, 9.17) is 11.6 Å². The zero-order valence-corrected chi connectivity index (χ0v) is 15.7. The van der Waals surface area contributed by atoms with E-state index in [0.29, 0.717) is 24.0 Å². The van der Waals surface area contributed by atoms with E-state index in [-0.39, 0.29) is 15.6 Å². The highest BCUT2D eigenvalue weighted by Crippen LogP contribution is 2.41. The van der Waals surface area contributed by atoms with Crippen LogP contribution in [0.5, 0.6) is 0 Å². The number of carbonyl (C=O) groups is 1. The SMILES string of the molecule is O=Cc1c2c(n(S(=O)(=O)c3cccc(F)c3)c1Cl)-c1ccccc1CCC2. The van der Waals surface area contributed by atoms with Crippen LogP contribution in [0.3, 0.4) is 0 Å². The van der Waals surface area contributed by atoms with Gasteiger partial charge in [0.25, 0.3) is 10.0 Å². The number of rotatable bonds is 3. The summed E-state index contributed by atoms with van der Waals surface area (Å²) in [4.78, 5) is 11.5. The molecule has 0 saturated heterocycles. The van der Waals surface area contributed by atoms with Gasteiger partial charge in [0, 0.05) is 5.56 Å². The largest absolute Gasteiger partial charge is 0.298 e. The number of nitrogens with zero attached hydrogens (tertiary/aromatic N) is 1. The molecule has 0 bridgehead atoms. The van der Waals surface area contributed by atoms with Gasteiger partial charge in [-0.25, -0.2) is 16.8 Å². The van der Waals surface area contributed by atoms with Gasteiger partial charge in [-0.1, -0.05) is 41.9 Å². The van der Waals surface area contributed by atoms with Crippen LogP contribution in [0.4, 0.5) is 4.39 Å². The fourth-order valence-corrected chi connectivity index (χ4v) is 5.61. The maximum absolute atomic E-state index is 13.7. The first-order valence-corrected chi connectivity index (χ1v) is 10.2. The van der Waals surface area contributed by atoms with Gasteiger partial charge in [0.15, 0.2) is 6.29 Å². The molecule has 27 heavy (non-hydrogen) atoms. The molecule has 0 aliphatic heterocycles. The number of benzene rings is 2. The molecule has 4 rings (SSSR count). The molecule has 0 unspecified atom stereocenters. The number of aromatic nitrogens is 1. The number of carbonyl (C=O) groups excluding carboxylic acids is 1. The predicted octanol–water partition coefficient (Wildman–Crippen LogP) is 4.49. The second-order valence-corrected chi connectivity index (χ2v) is 8.53. The molecule has 1 heterocycles. The van der Waals surface area contributed by atoms with E-state index < -0.39 is 15.8 Å². The molecule has 0 saturated carbocycles. The summed E-state index contributed by atoms with van der Waals surface area (Å²) in [6, 6.07) is 12.2. The van der Waals surface area contributed by atoms with Crippen molar-refractivity contribution in [3.8, 4) is 11.3 Å². The molecule has 0 atom stereocenters. The van der Waals surface area contributed by atoms with Gasteiger partial charge >= 0.3 is 0 Å². The fraction of sp³-hybridized carbons (Fsp3) is 0.150. The average Bonchev–Trinajstić information content (AvgIpc) is 2.81. The van der Waals surface area contributed by atoms with Gasteiger partial charge in [-0.05, 0) is 48.6 Å². The minimum atomic E-state index is -4.20. The summed E-state index contributed by atoms with van der Waals surface area (Å²) in [5.74, 6) is -0.665. The van der Waals surface area contributed by atoms with Crippen LogP contribution in [0.2, 0.25) is 5.15 Å². The molecule has 0 radical (unpaired) electrons. The molecule has 4 nitrogen and oxygen atoms in total. The van der Waals surface area contributed by atoms with E-state index in [9.17, 15) is 17.6 Å². The number of aldehydes is 1. The van der Waals surface area contributed by atoms with Crippen molar-refractivity contribution in [2.45, 2.75) is 24.2 Å². The van der Waals surface area contributed by atoms with Crippen LogP contribution >= 0.6 is 11.6 Å². The Hall–Kier alpha value is -2.44. The van der Waals surface area contributed by atoms with Gasteiger partial charge in [0.1, 0.15) is 11.0 Å². The Morgan fingerprint density at radius 2 is 1.85 bits per heavy atom. The summed E-state index contributed by atoms with van der Waals surface area (Å²) in [6.45, 7) is 0. The lowest BCUT2D eigenvalue weighted by Gasteiger charge is -2.14. The van der Waals surface area contributed by atoms with Crippen LogP contribution in [-0.2, 0) is 22.9 Å². The van der Waals surface area contributed by atoms with Crippen molar-refractivity contribution in [1.29, 1.82) is 0 Å². The molecule has 0 N–H and O–H groups in total. The minimum Gasteiger partial charge on any atom is -0.298 e. The van der Waals surface area contributed by atoms with E-state index in [0.717, 1.165) is 34.0 Å². The molecular weight excluding hydrogens is 389 g/mol. The van der Waals surface area contributed by atoms with Gasteiger partial charge in [-0.2, -0.15) is 0 Å². The number of hydrogen-bond acceptors (Lipinski definition) is 3. The highest BCUT2D eigenvalue weighted by molar-refractivity contribution is 7.90. The van der Waals surface area contributed by atoms with Crippen molar-refractivity contribution >= 4 is 27.9 Å². The van der Waals surface area contributed by atoms with E-state index in [1.807, 2.05) is 24.3 Å². The Morgan fingerprint density at radius 1 is 1.07 bits per heavy atom. The van der Waals surface area contributed by atoms with Gasteiger partial charge in [-0.15, -0.1) is 0 Å². The van der Waals surface area contributed by atoms with Gasteiger partial charge < -0.3 is 0 Å². The third-order valence-electron chi connectivity index (χ3n) is 4.81. The Labute approximate surface area is 161 Å². The summed E-state index contributed by atoms with van der Waals surface area (Å²) < 4.78 is 41.3. The Morgan fingerprint density at radius 3 is 2.59 bits per heavy atom. The maximum Gasteiger partial charge on any atom is 0.269 e. The van der Waals surface area contributed by atoms with Crippen molar-refractivity contribution in [1.82, 2.24) is 3.97 Å². The topological polar surface area (TPSA) is 56.1 Å². The molecule has 0 fully saturated rings. The van der Waals surface area contributed by atoms with E-state index in [2.05, 4.69) is 0 Å². The predicted molar refractivity (Wildman–Crippen MR) is 101 cm³/mol. The van der Waals surface area contributed by atoms with Gasteiger partial charge in [-0.3, -0.25) is 4.79 Å². The molecule has 7 heteroatoms. The van der Waals surface area contributed by atoms with Crippen LogP contribution < -0.4 is 0 Å². The number of aryl methyl sites for hydroxylation is 1. The third kappa shape index (κ3) is 2.80. The second-order valence-electron chi connectivity index (χ2n) is 6.39. The van der Waals surface area contributed by atoms with Crippen LogP contribution in [0.15, 0.2) is 53.4 Å². The first-order valence-electron chi connectivity index (χ1n) is 8.43. The van der Waals surface area contributed by atoms with Crippen molar-refractivity contribution in [3.05, 3.63) is 76.2 Å². The third-order valence-corrected chi connectivity index (χ3v) is 6.98. The summed E-state index contributed by atoms with van der Waals surface area (Å²) in [6.07, 6.45) is 2.65. The van der Waals surface area contributed by atoms with E-state index in [1.165, 1.54) is 18.2 Å². The molecule has 1 aliphatic carbocycles. The summed E-state index contributed by atoms with van der Waals surface area (Å²) in [7, 11) is -4.20. The number of fused-ring (bicyclic) bond motifs is 3. The van der Waals surface area contributed by atoms with Crippen LogP contribution in [-0.4, -0.2) is 18.7 Å².